The van der Waals surface area contributed by atoms with Crippen molar-refractivity contribution in [3.8, 4) is 22.3 Å². The van der Waals surface area contributed by atoms with Gasteiger partial charge in [-0.25, -0.2) is 0 Å². The fourth-order valence-corrected chi connectivity index (χ4v) is 14.2. The lowest BCUT2D eigenvalue weighted by molar-refractivity contribution is 0.0106. The first-order valence-electron chi connectivity index (χ1n) is 27.9. The van der Waals surface area contributed by atoms with E-state index in [4.69, 9.17) is 0 Å². The van der Waals surface area contributed by atoms with Crippen LogP contribution in [0.5, 0.6) is 0 Å². The second kappa shape index (κ2) is 17.1. The lowest BCUT2D eigenvalue weighted by Crippen LogP contribution is -2.67. The van der Waals surface area contributed by atoms with Crippen molar-refractivity contribution in [3.05, 3.63) is 198 Å². The third-order valence-corrected chi connectivity index (χ3v) is 18.9. The third kappa shape index (κ3) is 7.50. The molecule has 1 saturated carbocycles. The summed E-state index contributed by atoms with van der Waals surface area (Å²) in [6.45, 7) is 31.4. The molecule has 0 bridgehead atoms. The SMILES string of the molecule is CC(C)(C)c1ccc(N2c3ccccc3B3c4ccc(C(C)(C)C)cc4N(c4ccc(C(C)(C)C)cc4-c4ccccc4)c4cc(N5c6ccccc6C(C)(C)C6(C)CCCCC56C)cc2c43)c(-c2ccccc2)c1. The Labute approximate surface area is 449 Å². The van der Waals surface area contributed by atoms with Crippen molar-refractivity contribution in [2.45, 2.75) is 143 Å². The summed E-state index contributed by atoms with van der Waals surface area (Å²) >= 11 is 0. The maximum atomic E-state index is 2.85. The van der Waals surface area contributed by atoms with E-state index in [2.05, 4.69) is 281 Å². The van der Waals surface area contributed by atoms with Crippen molar-refractivity contribution in [3.63, 3.8) is 0 Å². The van der Waals surface area contributed by atoms with Crippen LogP contribution >= 0.6 is 0 Å². The summed E-state index contributed by atoms with van der Waals surface area (Å²) in [5.74, 6) is 0. The monoisotopic (exact) mass is 982 g/mol. The number of para-hydroxylation sites is 2. The maximum Gasteiger partial charge on any atom is 0.252 e. The topological polar surface area (TPSA) is 9.72 Å². The molecule has 4 aliphatic rings. The molecule has 12 rings (SSSR count). The van der Waals surface area contributed by atoms with Crippen LogP contribution in [0.2, 0.25) is 0 Å². The van der Waals surface area contributed by atoms with Gasteiger partial charge in [0.25, 0.3) is 6.71 Å². The van der Waals surface area contributed by atoms with Crippen molar-refractivity contribution in [2.24, 2.45) is 5.41 Å². The second-order valence-electron chi connectivity index (χ2n) is 26.6. The highest BCUT2D eigenvalue weighted by molar-refractivity contribution is 7.00. The van der Waals surface area contributed by atoms with Gasteiger partial charge in [0.2, 0.25) is 0 Å². The zero-order valence-corrected chi connectivity index (χ0v) is 47.0. The summed E-state index contributed by atoms with van der Waals surface area (Å²) in [5, 5.41) is 0. The van der Waals surface area contributed by atoms with Crippen LogP contribution in [0.1, 0.15) is 138 Å². The third-order valence-electron chi connectivity index (χ3n) is 18.9. The lowest BCUT2D eigenvalue weighted by Gasteiger charge is -2.66. The largest absolute Gasteiger partial charge is 0.335 e. The molecule has 2 atom stereocenters. The molecular weight excluding hydrogens is 906 g/mol. The summed E-state index contributed by atoms with van der Waals surface area (Å²) in [6, 6.07) is 68.4. The number of hydrogen-bond donors (Lipinski definition) is 0. The van der Waals surface area contributed by atoms with Crippen LogP contribution < -0.4 is 31.1 Å². The lowest BCUT2D eigenvalue weighted by atomic mass is 9.33. The van der Waals surface area contributed by atoms with Gasteiger partial charge >= 0.3 is 0 Å². The van der Waals surface area contributed by atoms with Gasteiger partial charge in [-0.05, 0) is 146 Å². The van der Waals surface area contributed by atoms with Crippen molar-refractivity contribution >= 4 is 68.6 Å². The van der Waals surface area contributed by atoms with Crippen molar-refractivity contribution in [2.75, 3.05) is 14.7 Å². The molecule has 0 N–H and O–H groups in total. The average Bonchev–Trinajstić information content (AvgIpc) is 3.48. The van der Waals surface area contributed by atoms with Crippen LogP contribution in [0, 0.1) is 5.41 Å². The molecule has 1 fully saturated rings. The number of rotatable bonds is 5. The molecule has 4 heteroatoms. The number of nitrogens with zero attached hydrogens (tertiary/aromatic N) is 3. The van der Waals surface area contributed by atoms with Crippen molar-refractivity contribution in [1.29, 1.82) is 0 Å². The maximum absolute atomic E-state index is 2.85. The van der Waals surface area contributed by atoms with Gasteiger partial charge in [-0.3, -0.25) is 0 Å². The molecule has 3 heterocycles. The summed E-state index contributed by atoms with van der Waals surface area (Å²) in [7, 11) is 0. The van der Waals surface area contributed by atoms with E-state index in [-0.39, 0.29) is 39.3 Å². The second-order valence-corrected chi connectivity index (χ2v) is 26.6. The first-order valence-corrected chi connectivity index (χ1v) is 27.9. The molecule has 3 nitrogen and oxygen atoms in total. The minimum absolute atomic E-state index is 0.0189. The summed E-state index contributed by atoms with van der Waals surface area (Å²) in [5.41, 5.74) is 23.8. The Morgan fingerprint density at radius 3 is 1.41 bits per heavy atom. The van der Waals surface area contributed by atoms with Gasteiger partial charge in [0, 0.05) is 56.2 Å². The minimum Gasteiger partial charge on any atom is -0.335 e. The van der Waals surface area contributed by atoms with E-state index < -0.39 is 0 Å². The fraction of sp³-hybridized carbons (Fsp3) is 0.324. The fourth-order valence-electron chi connectivity index (χ4n) is 14.2. The van der Waals surface area contributed by atoms with E-state index in [1.165, 1.54) is 126 Å². The summed E-state index contributed by atoms with van der Waals surface area (Å²) in [4.78, 5) is 8.21. The molecule has 3 aliphatic heterocycles. The van der Waals surface area contributed by atoms with Crippen molar-refractivity contribution in [1.82, 2.24) is 0 Å². The Morgan fingerprint density at radius 1 is 0.400 bits per heavy atom. The van der Waals surface area contributed by atoms with E-state index in [0.29, 0.717) is 0 Å². The Kier molecular flexibility index (Phi) is 11.2. The van der Waals surface area contributed by atoms with Crippen LogP contribution in [0.25, 0.3) is 22.3 Å². The molecule has 1 aliphatic carbocycles. The molecule has 0 amide bonds. The van der Waals surface area contributed by atoms with Crippen molar-refractivity contribution < 1.29 is 0 Å². The van der Waals surface area contributed by atoms with E-state index in [9.17, 15) is 0 Å². The van der Waals surface area contributed by atoms with Crippen LogP contribution in [0.15, 0.2) is 176 Å². The molecule has 0 saturated heterocycles. The Hall–Kier alpha value is -6.78. The van der Waals surface area contributed by atoms with E-state index in [1.807, 2.05) is 0 Å². The standard InChI is InChI=1S/C71H76BN3/c1-66(2,3)49-35-38-58(53(42-49)47-26-16-14-17-27-47)73-61-33-23-21-31-56(61)72-57-37-34-51(68(7,8)9)44-62(57)74(59-39-36-50(67(4,5)6)43-54(59)48-28-18-15-19-29-48)64-46-52(45-63(73)65(64)72)75-60-32-22-20-30-55(60)69(10,11)70(12)40-24-25-41-71(70,75)13/h14-23,26-39,42-46H,24-25,40-41H2,1-13H3. The minimum atomic E-state index is -0.190. The molecule has 0 spiro atoms. The van der Waals surface area contributed by atoms with Crippen LogP contribution in [-0.4, -0.2) is 12.3 Å². The van der Waals surface area contributed by atoms with Crippen LogP contribution in [0.4, 0.5) is 45.5 Å². The molecule has 75 heavy (non-hydrogen) atoms. The van der Waals surface area contributed by atoms with E-state index >= 15 is 0 Å². The Balaban J connectivity index is 1.26. The van der Waals surface area contributed by atoms with Gasteiger partial charge in [0.15, 0.2) is 0 Å². The summed E-state index contributed by atoms with van der Waals surface area (Å²) < 4.78 is 0. The van der Waals surface area contributed by atoms with Gasteiger partial charge in [-0.2, -0.15) is 0 Å². The predicted octanol–water partition coefficient (Wildman–Crippen LogP) is 17.8. The first kappa shape index (κ1) is 49.1. The number of fused-ring (bicyclic) bond motifs is 6. The number of anilines is 8. The van der Waals surface area contributed by atoms with Gasteiger partial charge in [-0.1, -0.05) is 217 Å². The molecule has 0 aromatic heterocycles. The highest BCUT2D eigenvalue weighted by Crippen LogP contribution is 2.66. The van der Waals surface area contributed by atoms with Gasteiger partial charge < -0.3 is 14.7 Å². The quantitative estimate of drug-likeness (QED) is 0.159. The zero-order chi connectivity index (χ0) is 52.6. The Morgan fingerprint density at radius 2 is 0.853 bits per heavy atom. The molecule has 378 valence electrons. The molecule has 2 unspecified atom stereocenters. The molecule has 8 aromatic carbocycles. The summed E-state index contributed by atoms with van der Waals surface area (Å²) in [6.07, 6.45) is 4.74. The van der Waals surface area contributed by atoms with E-state index in [1.54, 1.807) is 0 Å². The zero-order valence-electron chi connectivity index (χ0n) is 47.0. The van der Waals surface area contributed by atoms with Crippen LogP contribution in [0.3, 0.4) is 0 Å². The Bertz CT molecular complexity index is 3530. The number of benzene rings is 8. The number of hydrogen-bond acceptors (Lipinski definition) is 3. The van der Waals surface area contributed by atoms with Gasteiger partial charge in [0.1, 0.15) is 0 Å². The average molecular weight is 982 g/mol. The molecule has 0 radical (unpaired) electrons. The van der Waals surface area contributed by atoms with Gasteiger partial charge in [0.05, 0.1) is 11.4 Å². The highest BCUT2D eigenvalue weighted by atomic mass is 15.3. The normalized spacial score (nSPS) is 19.7. The molecule has 8 aromatic rings. The van der Waals surface area contributed by atoms with Crippen LogP contribution in [-0.2, 0) is 21.7 Å². The van der Waals surface area contributed by atoms with E-state index in [0.717, 1.165) is 6.42 Å². The molecular formula is C71H76BN3. The first-order chi connectivity index (χ1) is 35.6. The smallest absolute Gasteiger partial charge is 0.252 e. The van der Waals surface area contributed by atoms with Gasteiger partial charge in [-0.15, -0.1) is 0 Å². The predicted molar refractivity (Wildman–Crippen MR) is 324 cm³/mol. The highest BCUT2D eigenvalue weighted by Gasteiger charge is 2.62.